The Labute approximate surface area is 63.3 Å². The molecule has 6 N–H and O–H groups in total. The molecule has 5 heteroatoms. The number of anilines is 1. The molecule has 11 heavy (non-hydrogen) atoms. The molecule has 5 nitrogen and oxygen atoms in total. The fraction of sp³-hybridized carbons (Fsp3) is 0. The van der Waals surface area contributed by atoms with Gasteiger partial charge in [0, 0.05) is 6.20 Å². The van der Waals surface area contributed by atoms with E-state index in [0.29, 0.717) is 11.2 Å². The third-order valence-electron chi connectivity index (χ3n) is 1.10. The number of nitrogen functional groups attached to an aromatic ring is 1. The number of aromatic amines is 1. The molecule has 1 heterocycles. The number of nitrogens with one attached hydrogen (secondary N) is 2. The predicted molar refractivity (Wildman–Crippen MR) is 42.7 cm³/mol. The highest BCUT2D eigenvalue weighted by Gasteiger charge is 1.87. The molecule has 0 radical (unpaired) electrons. The standard InChI is InChI=1S/C6H9N5/c7-4-2-1-3-10-5(4)11-6(8)9/h1-3H,7H2,(H4,8,9,10,11). The summed E-state index contributed by atoms with van der Waals surface area (Å²) in [7, 11) is 0. The first-order valence-corrected chi connectivity index (χ1v) is 3.02. The molecule has 0 unspecified atom stereocenters. The number of aromatic nitrogens is 1. The van der Waals surface area contributed by atoms with Gasteiger partial charge in [0.1, 0.15) is 0 Å². The molecule has 1 rings (SSSR count). The molecule has 0 aliphatic carbocycles. The fourth-order valence-corrected chi connectivity index (χ4v) is 0.658. The van der Waals surface area contributed by atoms with Gasteiger partial charge in [-0.15, -0.1) is 0 Å². The Morgan fingerprint density at radius 3 is 2.91 bits per heavy atom. The second kappa shape index (κ2) is 2.87. The van der Waals surface area contributed by atoms with Crippen molar-refractivity contribution in [1.82, 2.24) is 4.98 Å². The summed E-state index contributed by atoms with van der Waals surface area (Å²) in [5.41, 5.74) is 11.4. The topological polar surface area (TPSA) is 104 Å². The number of guanidine groups is 1. The fourth-order valence-electron chi connectivity index (χ4n) is 0.658. The lowest BCUT2D eigenvalue weighted by atomic mass is 10.4. The summed E-state index contributed by atoms with van der Waals surface area (Å²) in [5, 5.41) is 6.86. The Hall–Kier alpha value is -1.78. The Bertz CT molecular complexity index is 324. The molecule has 0 amide bonds. The van der Waals surface area contributed by atoms with E-state index in [0.717, 1.165) is 0 Å². The Balaban J connectivity index is 3.23. The number of nitrogens with two attached hydrogens (primary N) is 2. The molecular weight excluding hydrogens is 142 g/mol. The number of H-pyrrole nitrogens is 1. The number of pyridine rings is 1. The van der Waals surface area contributed by atoms with Crippen molar-refractivity contribution >= 4 is 11.6 Å². The van der Waals surface area contributed by atoms with Crippen LogP contribution in [-0.4, -0.2) is 10.9 Å². The zero-order valence-electron chi connectivity index (χ0n) is 5.83. The van der Waals surface area contributed by atoms with E-state index < -0.39 is 0 Å². The van der Waals surface area contributed by atoms with Crippen LogP contribution >= 0.6 is 0 Å². The average Bonchev–Trinajstić information content (AvgIpc) is 1.93. The normalized spacial score (nSPS) is 11.5. The quantitative estimate of drug-likeness (QED) is 0.293. The monoisotopic (exact) mass is 151 g/mol. The zero-order chi connectivity index (χ0) is 8.27. The zero-order valence-corrected chi connectivity index (χ0v) is 5.83. The first kappa shape index (κ1) is 7.33. The van der Waals surface area contributed by atoms with E-state index in [-0.39, 0.29) is 5.96 Å². The first-order valence-electron chi connectivity index (χ1n) is 3.02. The van der Waals surface area contributed by atoms with Crippen molar-refractivity contribution in [1.29, 1.82) is 5.41 Å². The molecule has 0 spiro atoms. The minimum Gasteiger partial charge on any atom is -0.396 e. The van der Waals surface area contributed by atoms with Crippen LogP contribution in [0.3, 0.4) is 0 Å². The lowest BCUT2D eigenvalue weighted by Gasteiger charge is -1.92. The van der Waals surface area contributed by atoms with Crippen molar-refractivity contribution in [3.63, 3.8) is 0 Å². The van der Waals surface area contributed by atoms with Crippen LogP contribution in [0.2, 0.25) is 0 Å². The minimum atomic E-state index is -0.265. The second-order valence-corrected chi connectivity index (χ2v) is 1.97. The smallest absolute Gasteiger partial charge is 0.214 e. The summed E-state index contributed by atoms with van der Waals surface area (Å²) < 4.78 is 0. The first-order chi connectivity index (χ1) is 5.20. The van der Waals surface area contributed by atoms with Gasteiger partial charge in [-0.1, -0.05) is 0 Å². The van der Waals surface area contributed by atoms with Gasteiger partial charge in [0.15, 0.2) is 5.49 Å². The highest BCUT2D eigenvalue weighted by molar-refractivity contribution is 5.75. The van der Waals surface area contributed by atoms with Gasteiger partial charge in [0.25, 0.3) is 0 Å². The summed E-state index contributed by atoms with van der Waals surface area (Å²) in [4.78, 5) is 6.40. The van der Waals surface area contributed by atoms with E-state index in [1.54, 1.807) is 18.3 Å². The van der Waals surface area contributed by atoms with Crippen molar-refractivity contribution < 1.29 is 0 Å². The Morgan fingerprint density at radius 1 is 1.64 bits per heavy atom. The van der Waals surface area contributed by atoms with Crippen LogP contribution in [0.4, 0.5) is 5.69 Å². The Morgan fingerprint density at radius 2 is 2.36 bits per heavy atom. The summed E-state index contributed by atoms with van der Waals surface area (Å²) in [5.74, 6) is -0.265. The largest absolute Gasteiger partial charge is 0.396 e. The van der Waals surface area contributed by atoms with Crippen LogP contribution in [0.25, 0.3) is 0 Å². The van der Waals surface area contributed by atoms with Gasteiger partial charge in [-0.25, -0.2) is 0 Å². The van der Waals surface area contributed by atoms with Crippen molar-refractivity contribution in [2.45, 2.75) is 0 Å². The maximum absolute atomic E-state index is 6.86. The van der Waals surface area contributed by atoms with Gasteiger partial charge >= 0.3 is 0 Å². The summed E-state index contributed by atoms with van der Waals surface area (Å²) in [6.45, 7) is 0. The van der Waals surface area contributed by atoms with Gasteiger partial charge in [0.05, 0.1) is 5.69 Å². The van der Waals surface area contributed by atoms with Crippen molar-refractivity contribution in [2.24, 2.45) is 10.7 Å². The lowest BCUT2D eigenvalue weighted by Crippen LogP contribution is -2.18. The minimum absolute atomic E-state index is 0.265. The molecule has 58 valence electrons. The molecule has 1 aromatic rings. The van der Waals surface area contributed by atoms with Crippen LogP contribution in [0.15, 0.2) is 23.3 Å². The van der Waals surface area contributed by atoms with E-state index in [2.05, 4.69) is 9.98 Å². The molecule has 0 atom stereocenters. The predicted octanol–water partition coefficient (Wildman–Crippen LogP) is -0.609. The maximum atomic E-state index is 6.86. The molecule has 0 saturated heterocycles. The van der Waals surface area contributed by atoms with Crippen LogP contribution in [0.5, 0.6) is 0 Å². The molecule has 0 bridgehead atoms. The summed E-state index contributed by atoms with van der Waals surface area (Å²) in [6, 6.07) is 3.42. The summed E-state index contributed by atoms with van der Waals surface area (Å²) >= 11 is 0. The number of nitrogens with zero attached hydrogens (tertiary/aromatic N) is 1. The molecule has 0 fully saturated rings. The SMILES string of the molecule is N=C(N)/N=c1\[nH]cccc1N. The lowest BCUT2D eigenvalue weighted by molar-refractivity contribution is 1.15. The van der Waals surface area contributed by atoms with Crippen molar-refractivity contribution in [3.05, 3.63) is 23.8 Å². The van der Waals surface area contributed by atoms with Crippen LogP contribution in [0.1, 0.15) is 0 Å². The van der Waals surface area contributed by atoms with Gasteiger partial charge in [-0.3, -0.25) is 5.41 Å². The third-order valence-corrected chi connectivity index (χ3v) is 1.10. The van der Waals surface area contributed by atoms with E-state index in [1.807, 2.05) is 0 Å². The van der Waals surface area contributed by atoms with Gasteiger partial charge in [-0.05, 0) is 12.1 Å². The van der Waals surface area contributed by atoms with E-state index >= 15 is 0 Å². The van der Waals surface area contributed by atoms with Crippen molar-refractivity contribution in [2.75, 3.05) is 5.73 Å². The molecule has 0 aliphatic heterocycles. The molecule has 0 aliphatic rings. The number of hydrogen-bond donors (Lipinski definition) is 4. The molecule has 1 aromatic heterocycles. The molecule has 0 aromatic carbocycles. The van der Waals surface area contributed by atoms with E-state index in [4.69, 9.17) is 16.9 Å². The third kappa shape index (κ3) is 1.82. The Kier molecular flexibility index (Phi) is 1.91. The van der Waals surface area contributed by atoms with Gasteiger partial charge in [0.2, 0.25) is 5.96 Å². The molecule has 0 saturated carbocycles. The highest BCUT2D eigenvalue weighted by Crippen LogP contribution is 1.86. The average molecular weight is 151 g/mol. The van der Waals surface area contributed by atoms with Crippen LogP contribution in [0, 0.1) is 5.41 Å². The van der Waals surface area contributed by atoms with Crippen LogP contribution < -0.4 is 17.0 Å². The highest BCUT2D eigenvalue weighted by atomic mass is 15.0. The summed E-state index contributed by atoms with van der Waals surface area (Å²) in [6.07, 6.45) is 1.66. The van der Waals surface area contributed by atoms with Gasteiger partial charge in [-0.2, -0.15) is 4.99 Å². The van der Waals surface area contributed by atoms with Gasteiger partial charge < -0.3 is 16.5 Å². The van der Waals surface area contributed by atoms with Crippen LogP contribution in [-0.2, 0) is 0 Å². The van der Waals surface area contributed by atoms with Crippen molar-refractivity contribution in [3.8, 4) is 0 Å². The maximum Gasteiger partial charge on any atom is 0.214 e. The second-order valence-electron chi connectivity index (χ2n) is 1.97. The number of rotatable bonds is 0. The van der Waals surface area contributed by atoms with E-state index in [1.165, 1.54) is 0 Å². The number of hydrogen-bond acceptors (Lipinski definition) is 2. The van der Waals surface area contributed by atoms with E-state index in [9.17, 15) is 0 Å². The molecular formula is C6H9N5.